The summed E-state index contributed by atoms with van der Waals surface area (Å²) in [5.41, 5.74) is 0. The molecule has 0 aliphatic rings. The fraction of sp³-hybridized carbons (Fsp3) is 0.946. The maximum Gasteiger partial charge on any atom is 0.305 e. The van der Waals surface area contributed by atoms with Gasteiger partial charge in [-0.15, -0.1) is 0 Å². The van der Waals surface area contributed by atoms with Crippen LogP contribution in [0.25, 0.3) is 0 Å². The summed E-state index contributed by atoms with van der Waals surface area (Å²) >= 11 is 0. The molecule has 2 atom stereocenters. The van der Waals surface area contributed by atoms with Gasteiger partial charge in [-0.2, -0.15) is 0 Å². The van der Waals surface area contributed by atoms with Crippen LogP contribution < -0.4 is 5.32 Å². The minimum Gasteiger partial charge on any atom is -0.466 e. The van der Waals surface area contributed by atoms with E-state index < -0.39 is 12.1 Å². The number of rotatable bonds is 70. The van der Waals surface area contributed by atoms with E-state index in [2.05, 4.69) is 19.2 Å². The molecule has 0 aromatic carbocycles. The molecule has 0 aromatic heterocycles. The van der Waals surface area contributed by atoms with Crippen molar-refractivity contribution in [3.8, 4) is 0 Å². The molecule has 0 rings (SSSR count). The molecule has 1 amide bonds. The molecule has 6 heteroatoms. The molecule has 2 unspecified atom stereocenters. The van der Waals surface area contributed by atoms with Gasteiger partial charge >= 0.3 is 5.97 Å². The standard InChI is InChI=1S/C74H145NO5/c1-3-5-7-9-11-13-15-17-19-21-35-38-42-46-50-54-58-62-66-72(77)71(70-76)75-73(78)67-63-59-55-51-47-43-39-36-32-30-28-26-24-22-23-25-27-29-31-33-37-41-45-49-53-57-61-65-69-80-74(79)68-64-60-56-52-48-44-40-34-20-18-16-14-12-10-8-6-4-2/h62,66,71-72,76-77H,3-61,63-65,67-70H2,1-2H3,(H,75,78)/b66-62+. The Kier molecular flexibility index (Phi) is 68.9. The second-order valence-corrected chi connectivity index (χ2v) is 25.6. The third kappa shape index (κ3) is 65.7. The van der Waals surface area contributed by atoms with Crippen LogP contribution in [-0.2, 0) is 14.3 Å². The first-order valence-electron chi connectivity index (χ1n) is 37.0. The normalized spacial score (nSPS) is 12.5. The van der Waals surface area contributed by atoms with Crippen LogP contribution in [0.2, 0.25) is 0 Å². The minimum absolute atomic E-state index is 0.0235. The summed E-state index contributed by atoms with van der Waals surface area (Å²) in [6, 6.07) is -0.625. The average molecular weight is 1130 g/mol. The Labute approximate surface area is 501 Å². The molecule has 0 fully saturated rings. The van der Waals surface area contributed by atoms with Gasteiger partial charge in [-0.3, -0.25) is 9.59 Å². The lowest BCUT2D eigenvalue weighted by Crippen LogP contribution is -2.45. The van der Waals surface area contributed by atoms with Crippen LogP contribution in [-0.4, -0.2) is 47.4 Å². The van der Waals surface area contributed by atoms with E-state index >= 15 is 0 Å². The zero-order valence-corrected chi connectivity index (χ0v) is 54.6. The molecule has 0 radical (unpaired) electrons. The highest BCUT2D eigenvalue weighted by molar-refractivity contribution is 5.76. The largest absolute Gasteiger partial charge is 0.466 e. The molecular weight excluding hydrogens is 983 g/mol. The van der Waals surface area contributed by atoms with Crippen molar-refractivity contribution in [2.24, 2.45) is 0 Å². The van der Waals surface area contributed by atoms with Gasteiger partial charge in [0.15, 0.2) is 0 Å². The molecular formula is C74H145NO5. The van der Waals surface area contributed by atoms with E-state index in [1.54, 1.807) is 6.08 Å². The lowest BCUT2D eigenvalue weighted by Gasteiger charge is -2.20. The van der Waals surface area contributed by atoms with Crippen molar-refractivity contribution in [1.29, 1.82) is 0 Å². The topological polar surface area (TPSA) is 95.9 Å². The number of hydrogen-bond donors (Lipinski definition) is 3. The summed E-state index contributed by atoms with van der Waals surface area (Å²) < 4.78 is 5.51. The fourth-order valence-corrected chi connectivity index (χ4v) is 11.9. The van der Waals surface area contributed by atoms with Gasteiger partial charge in [0.2, 0.25) is 5.91 Å². The van der Waals surface area contributed by atoms with Gasteiger partial charge in [0.1, 0.15) is 0 Å². The number of hydrogen-bond acceptors (Lipinski definition) is 5. The summed E-state index contributed by atoms with van der Waals surface area (Å²) in [7, 11) is 0. The maximum atomic E-state index is 12.5. The van der Waals surface area contributed by atoms with Crippen molar-refractivity contribution in [2.75, 3.05) is 13.2 Å². The highest BCUT2D eigenvalue weighted by Crippen LogP contribution is 2.20. The van der Waals surface area contributed by atoms with Crippen LogP contribution >= 0.6 is 0 Å². The van der Waals surface area contributed by atoms with Gasteiger partial charge in [-0.05, 0) is 32.1 Å². The molecule has 0 saturated carbocycles. The minimum atomic E-state index is -0.842. The Hall–Kier alpha value is -1.40. The molecule has 0 aromatic rings. The second-order valence-electron chi connectivity index (χ2n) is 25.6. The van der Waals surface area contributed by atoms with E-state index in [1.165, 1.54) is 360 Å². The number of amides is 1. The Morgan fingerprint density at radius 2 is 0.575 bits per heavy atom. The van der Waals surface area contributed by atoms with Gasteiger partial charge in [0.25, 0.3) is 0 Å². The third-order valence-corrected chi connectivity index (χ3v) is 17.6. The SMILES string of the molecule is CCCCCCCCCCCCCCCCCC/C=C/C(O)C(CO)NC(=O)CCCCCCCCCCCCCCCCCCCCCCCCCCCCCCOC(=O)CCCCCCCCCCCCCCCCCCC. The number of aliphatic hydroxyl groups is 2. The molecule has 476 valence electrons. The molecule has 0 saturated heterocycles. The van der Waals surface area contributed by atoms with Gasteiger partial charge in [-0.25, -0.2) is 0 Å². The molecule has 0 heterocycles. The number of ether oxygens (including phenoxy) is 1. The first kappa shape index (κ1) is 78.6. The molecule has 0 bridgehead atoms. The molecule has 80 heavy (non-hydrogen) atoms. The summed E-state index contributed by atoms with van der Waals surface area (Å²) in [5.74, 6) is -0.0371. The van der Waals surface area contributed by atoms with E-state index in [1.807, 2.05) is 6.08 Å². The number of carbonyl (C=O) groups excluding carboxylic acids is 2. The first-order valence-corrected chi connectivity index (χ1v) is 37.0. The zero-order valence-electron chi connectivity index (χ0n) is 54.6. The van der Waals surface area contributed by atoms with Crippen molar-refractivity contribution in [3.63, 3.8) is 0 Å². The second kappa shape index (κ2) is 70.1. The number of carbonyl (C=O) groups is 2. The molecule has 0 aliphatic heterocycles. The third-order valence-electron chi connectivity index (χ3n) is 17.6. The van der Waals surface area contributed by atoms with E-state index in [-0.39, 0.29) is 18.5 Å². The lowest BCUT2D eigenvalue weighted by atomic mass is 10.0. The highest BCUT2D eigenvalue weighted by Gasteiger charge is 2.18. The van der Waals surface area contributed by atoms with Crippen molar-refractivity contribution in [1.82, 2.24) is 5.32 Å². The predicted molar refractivity (Wildman–Crippen MR) is 352 cm³/mol. The summed E-state index contributed by atoms with van der Waals surface area (Å²) in [4.78, 5) is 24.6. The van der Waals surface area contributed by atoms with Crippen LogP contribution in [0.4, 0.5) is 0 Å². The quantitative estimate of drug-likeness (QED) is 0.0320. The molecule has 0 spiro atoms. The van der Waals surface area contributed by atoms with Crippen LogP contribution in [0.5, 0.6) is 0 Å². The van der Waals surface area contributed by atoms with E-state index in [0.29, 0.717) is 19.4 Å². The van der Waals surface area contributed by atoms with Crippen molar-refractivity contribution < 1.29 is 24.5 Å². The number of esters is 1. The first-order chi connectivity index (χ1) is 39.5. The number of nitrogens with one attached hydrogen (secondary N) is 1. The van der Waals surface area contributed by atoms with Crippen LogP contribution in [0.3, 0.4) is 0 Å². The van der Waals surface area contributed by atoms with Crippen LogP contribution in [0.1, 0.15) is 425 Å². The Morgan fingerprint density at radius 3 is 0.850 bits per heavy atom. The molecule has 6 nitrogen and oxygen atoms in total. The van der Waals surface area contributed by atoms with Crippen molar-refractivity contribution >= 4 is 11.9 Å². The summed E-state index contributed by atoms with van der Waals surface area (Å²) in [6.45, 7) is 4.96. The smallest absolute Gasteiger partial charge is 0.305 e. The van der Waals surface area contributed by atoms with Crippen molar-refractivity contribution in [3.05, 3.63) is 12.2 Å². The number of aliphatic hydroxyl groups excluding tert-OH is 2. The summed E-state index contributed by atoms with van der Waals surface area (Å²) in [5, 5.41) is 23.2. The van der Waals surface area contributed by atoms with Crippen LogP contribution in [0.15, 0.2) is 12.2 Å². The Balaban J connectivity index is 3.34. The summed E-state index contributed by atoms with van der Waals surface area (Å²) in [6.07, 6.45) is 87.3. The highest BCUT2D eigenvalue weighted by atomic mass is 16.5. The number of allylic oxidation sites excluding steroid dienone is 1. The van der Waals surface area contributed by atoms with Gasteiger partial charge in [0.05, 0.1) is 25.4 Å². The monoisotopic (exact) mass is 1130 g/mol. The van der Waals surface area contributed by atoms with Gasteiger partial charge in [-0.1, -0.05) is 392 Å². The van der Waals surface area contributed by atoms with Crippen molar-refractivity contribution in [2.45, 2.75) is 437 Å². The van der Waals surface area contributed by atoms with E-state index in [0.717, 1.165) is 38.5 Å². The van der Waals surface area contributed by atoms with Gasteiger partial charge in [0, 0.05) is 12.8 Å². The maximum absolute atomic E-state index is 12.5. The molecule has 0 aliphatic carbocycles. The van der Waals surface area contributed by atoms with E-state index in [9.17, 15) is 19.8 Å². The number of unbranched alkanes of at least 4 members (excludes halogenated alkanes) is 59. The van der Waals surface area contributed by atoms with E-state index in [4.69, 9.17) is 4.74 Å². The van der Waals surface area contributed by atoms with Gasteiger partial charge < -0.3 is 20.3 Å². The lowest BCUT2D eigenvalue weighted by molar-refractivity contribution is -0.143. The average Bonchev–Trinajstić information content (AvgIpc) is 3.46. The Bertz CT molecular complexity index is 1210. The van der Waals surface area contributed by atoms with Crippen LogP contribution in [0, 0.1) is 0 Å². The predicted octanol–water partition coefficient (Wildman–Crippen LogP) is 23.9. The zero-order chi connectivity index (χ0) is 57.8. The molecule has 3 N–H and O–H groups in total. The fourth-order valence-electron chi connectivity index (χ4n) is 11.9. The Morgan fingerprint density at radius 1 is 0.338 bits per heavy atom.